The van der Waals surface area contributed by atoms with Gasteiger partial charge in [-0.1, -0.05) is 19.3 Å². The molecule has 8 heteroatoms. The highest BCUT2D eigenvalue weighted by Gasteiger charge is 2.26. The van der Waals surface area contributed by atoms with E-state index in [2.05, 4.69) is 5.10 Å². The van der Waals surface area contributed by atoms with Crippen LogP contribution in [0.5, 0.6) is 0 Å². The Hall–Kier alpha value is -1.41. The van der Waals surface area contributed by atoms with Crippen molar-refractivity contribution in [1.82, 2.24) is 14.1 Å². The van der Waals surface area contributed by atoms with Crippen LogP contribution in [0.15, 0.2) is 17.3 Å². The van der Waals surface area contributed by atoms with Crippen molar-refractivity contribution in [2.24, 2.45) is 5.92 Å². The minimum absolute atomic E-state index is 0.0436. The first-order chi connectivity index (χ1) is 9.89. The number of hydrogen-bond acceptors (Lipinski definition) is 4. The fraction of sp³-hybridized carbons (Fsp3) is 0.692. The number of carboxylic acid groups (broad SMARTS) is 1. The minimum atomic E-state index is -3.60. The fourth-order valence-electron chi connectivity index (χ4n) is 2.71. The molecule has 1 heterocycles. The largest absolute Gasteiger partial charge is 0.480 e. The molecule has 1 saturated carbocycles. The summed E-state index contributed by atoms with van der Waals surface area (Å²) in [6, 6.07) is 0. The summed E-state index contributed by atoms with van der Waals surface area (Å²) in [4.78, 5) is 10.6. The van der Waals surface area contributed by atoms with Gasteiger partial charge >= 0.3 is 5.97 Å². The van der Waals surface area contributed by atoms with Gasteiger partial charge in [0.1, 0.15) is 11.4 Å². The average Bonchev–Trinajstić information content (AvgIpc) is 2.88. The third-order valence-electron chi connectivity index (χ3n) is 3.86. The van der Waals surface area contributed by atoms with Gasteiger partial charge in [0.2, 0.25) is 10.0 Å². The zero-order valence-corrected chi connectivity index (χ0v) is 12.9. The maximum absolute atomic E-state index is 12.4. The van der Waals surface area contributed by atoms with Gasteiger partial charge in [-0.25, -0.2) is 12.7 Å². The number of sulfonamides is 1. The highest BCUT2D eigenvalue weighted by atomic mass is 32.2. The van der Waals surface area contributed by atoms with E-state index in [-0.39, 0.29) is 11.4 Å². The quantitative estimate of drug-likeness (QED) is 0.850. The van der Waals surface area contributed by atoms with Crippen molar-refractivity contribution in [1.29, 1.82) is 0 Å². The molecule has 1 aliphatic carbocycles. The first kappa shape index (κ1) is 16.0. The lowest BCUT2D eigenvalue weighted by atomic mass is 9.89. The van der Waals surface area contributed by atoms with Crippen LogP contribution in [0.2, 0.25) is 0 Å². The second kappa shape index (κ2) is 6.57. The highest BCUT2D eigenvalue weighted by Crippen LogP contribution is 2.25. The van der Waals surface area contributed by atoms with Crippen molar-refractivity contribution >= 4 is 16.0 Å². The van der Waals surface area contributed by atoms with Crippen molar-refractivity contribution in [3.05, 3.63) is 12.4 Å². The smallest absolute Gasteiger partial charge is 0.325 e. The van der Waals surface area contributed by atoms with E-state index in [1.165, 1.54) is 23.1 Å². The van der Waals surface area contributed by atoms with E-state index in [1.807, 2.05) is 0 Å². The van der Waals surface area contributed by atoms with Gasteiger partial charge in [-0.05, 0) is 18.8 Å². The Labute approximate surface area is 124 Å². The SMILES string of the molecule is CN(CC1CCCCC1)S(=O)(=O)c1cnn(CC(=O)O)c1. The molecule has 1 aliphatic rings. The van der Waals surface area contributed by atoms with Crippen LogP contribution in [-0.2, 0) is 21.4 Å². The summed E-state index contributed by atoms with van der Waals surface area (Å²) in [5.41, 5.74) is 0. The van der Waals surface area contributed by atoms with E-state index in [1.54, 1.807) is 7.05 Å². The molecule has 0 aliphatic heterocycles. The summed E-state index contributed by atoms with van der Waals surface area (Å²) in [5, 5.41) is 12.5. The van der Waals surface area contributed by atoms with Crippen molar-refractivity contribution in [3.8, 4) is 0 Å². The van der Waals surface area contributed by atoms with Crippen LogP contribution in [0.25, 0.3) is 0 Å². The predicted molar refractivity (Wildman–Crippen MR) is 76.3 cm³/mol. The molecule has 0 atom stereocenters. The van der Waals surface area contributed by atoms with E-state index in [4.69, 9.17) is 5.11 Å². The molecule has 118 valence electrons. The third kappa shape index (κ3) is 4.04. The van der Waals surface area contributed by atoms with Crippen LogP contribution < -0.4 is 0 Å². The summed E-state index contributed by atoms with van der Waals surface area (Å²) in [6.07, 6.45) is 8.16. The molecule has 1 fully saturated rings. The van der Waals surface area contributed by atoms with Gasteiger partial charge in [0.25, 0.3) is 0 Å². The first-order valence-electron chi connectivity index (χ1n) is 7.10. The van der Waals surface area contributed by atoms with Crippen LogP contribution >= 0.6 is 0 Å². The van der Waals surface area contributed by atoms with Crippen molar-refractivity contribution in [2.45, 2.75) is 43.5 Å². The van der Waals surface area contributed by atoms with Gasteiger partial charge in [0.05, 0.1) is 6.20 Å². The summed E-state index contributed by atoms with van der Waals surface area (Å²) in [6.45, 7) is 0.161. The monoisotopic (exact) mass is 315 g/mol. The fourth-order valence-corrected chi connectivity index (χ4v) is 3.92. The lowest BCUT2D eigenvalue weighted by Gasteiger charge is -2.26. The molecule has 0 amide bonds. The number of hydrogen-bond donors (Lipinski definition) is 1. The van der Waals surface area contributed by atoms with E-state index >= 15 is 0 Å². The van der Waals surface area contributed by atoms with E-state index in [9.17, 15) is 13.2 Å². The molecular formula is C13H21N3O4S. The lowest BCUT2D eigenvalue weighted by molar-refractivity contribution is -0.137. The summed E-state index contributed by atoms with van der Waals surface area (Å²) in [7, 11) is -2.03. The molecule has 1 aromatic rings. The first-order valence-corrected chi connectivity index (χ1v) is 8.54. The number of carbonyl (C=O) groups is 1. The average molecular weight is 315 g/mol. The van der Waals surface area contributed by atoms with Crippen molar-refractivity contribution in [3.63, 3.8) is 0 Å². The van der Waals surface area contributed by atoms with E-state index < -0.39 is 16.0 Å². The van der Waals surface area contributed by atoms with E-state index in [0.717, 1.165) is 30.4 Å². The summed E-state index contributed by atoms with van der Waals surface area (Å²) < 4.78 is 27.3. The van der Waals surface area contributed by atoms with Gasteiger partial charge in [0, 0.05) is 19.8 Å². The number of rotatable bonds is 6. The normalized spacial score (nSPS) is 17.2. The van der Waals surface area contributed by atoms with Crippen LogP contribution in [0.4, 0.5) is 0 Å². The second-order valence-electron chi connectivity index (χ2n) is 5.56. The van der Waals surface area contributed by atoms with Crippen LogP contribution in [0.1, 0.15) is 32.1 Å². The molecule has 0 spiro atoms. The molecule has 0 bridgehead atoms. The molecule has 7 nitrogen and oxygen atoms in total. The van der Waals surface area contributed by atoms with E-state index in [0.29, 0.717) is 12.5 Å². The van der Waals surface area contributed by atoms with Crippen LogP contribution in [-0.4, -0.2) is 47.2 Å². The molecular weight excluding hydrogens is 294 g/mol. The minimum Gasteiger partial charge on any atom is -0.480 e. The molecule has 0 saturated heterocycles. The number of nitrogens with zero attached hydrogens (tertiary/aromatic N) is 3. The topological polar surface area (TPSA) is 92.5 Å². The molecule has 2 rings (SSSR count). The Bertz CT molecular complexity index is 590. The Morgan fingerprint density at radius 1 is 1.43 bits per heavy atom. The zero-order chi connectivity index (χ0) is 15.5. The summed E-state index contributed by atoms with van der Waals surface area (Å²) in [5.74, 6) is -0.648. The molecule has 0 radical (unpaired) electrons. The number of aromatic nitrogens is 2. The Morgan fingerprint density at radius 2 is 2.10 bits per heavy atom. The predicted octanol–water partition coefficient (Wildman–Crippen LogP) is 1.17. The van der Waals surface area contributed by atoms with Gasteiger partial charge < -0.3 is 5.11 Å². The summed E-state index contributed by atoms with van der Waals surface area (Å²) >= 11 is 0. The van der Waals surface area contributed by atoms with Crippen molar-refractivity contribution in [2.75, 3.05) is 13.6 Å². The Kier molecular flexibility index (Phi) is 5.00. The maximum Gasteiger partial charge on any atom is 0.325 e. The molecule has 0 unspecified atom stereocenters. The van der Waals surface area contributed by atoms with Gasteiger partial charge in [-0.3, -0.25) is 9.48 Å². The maximum atomic E-state index is 12.4. The lowest BCUT2D eigenvalue weighted by Crippen LogP contribution is -2.32. The molecule has 21 heavy (non-hydrogen) atoms. The number of aliphatic carboxylic acids is 1. The Morgan fingerprint density at radius 3 is 2.71 bits per heavy atom. The van der Waals surface area contributed by atoms with Crippen molar-refractivity contribution < 1.29 is 18.3 Å². The molecule has 0 aromatic carbocycles. The van der Waals surface area contributed by atoms with Crippen LogP contribution in [0, 0.1) is 5.92 Å². The van der Waals surface area contributed by atoms with Gasteiger partial charge in [-0.2, -0.15) is 5.10 Å². The second-order valence-corrected chi connectivity index (χ2v) is 7.60. The van der Waals surface area contributed by atoms with Gasteiger partial charge in [-0.15, -0.1) is 0 Å². The highest BCUT2D eigenvalue weighted by molar-refractivity contribution is 7.89. The molecule has 1 aromatic heterocycles. The molecule has 1 N–H and O–H groups in total. The number of carboxylic acids is 1. The van der Waals surface area contributed by atoms with Gasteiger partial charge in [0.15, 0.2) is 0 Å². The standard InChI is InChI=1S/C13H21N3O4S/c1-15(8-11-5-3-2-4-6-11)21(19,20)12-7-14-16(9-12)10-13(17)18/h7,9,11H,2-6,8,10H2,1H3,(H,17,18). The zero-order valence-electron chi connectivity index (χ0n) is 12.1. The third-order valence-corrected chi connectivity index (χ3v) is 5.63. The van der Waals surface area contributed by atoms with Crippen LogP contribution in [0.3, 0.4) is 0 Å². The Balaban J connectivity index is 2.05.